The third-order valence-corrected chi connectivity index (χ3v) is 4.52. The van der Waals surface area contributed by atoms with Crippen LogP contribution in [0.3, 0.4) is 0 Å². The summed E-state index contributed by atoms with van der Waals surface area (Å²) in [5.41, 5.74) is 0.239. The molecule has 1 fully saturated rings. The predicted molar refractivity (Wildman–Crippen MR) is 83.4 cm³/mol. The van der Waals surface area contributed by atoms with Crippen molar-refractivity contribution < 1.29 is 19.4 Å². The van der Waals surface area contributed by atoms with E-state index in [9.17, 15) is 9.90 Å². The fraction of sp³-hybridized carbons (Fsp3) is 0.625. The van der Waals surface area contributed by atoms with Crippen molar-refractivity contribution >= 4 is 11.8 Å². The van der Waals surface area contributed by atoms with Gasteiger partial charge in [0, 0.05) is 18.5 Å². The highest BCUT2D eigenvalue weighted by Crippen LogP contribution is 2.35. The van der Waals surface area contributed by atoms with Gasteiger partial charge < -0.3 is 19.5 Å². The molecule has 0 saturated carbocycles. The molecule has 1 saturated heterocycles. The summed E-state index contributed by atoms with van der Waals surface area (Å²) in [4.78, 5) is 18.3. The average molecular weight is 308 g/mol. The summed E-state index contributed by atoms with van der Waals surface area (Å²) in [6, 6.07) is 3.48. The third kappa shape index (κ3) is 3.16. The van der Waals surface area contributed by atoms with Crippen LogP contribution in [0.2, 0.25) is 0 Å². The van der Waals surface area contributed by atoms with Crippen LogP contribution in [0.4, 0.5) is 5.82 Å². The largest absolute Gasteiger partial charge is 0.480 e. The Bertz CT molecular complexity index is 529. The van der Waals surface area contributed by atoms with Gasteiger partial charge in [-0.25, -0.2) is 4.79 Å². The lowest BCUT2D eigenvalue weighted by Gasteiger charge is -2.42. The van der Waals surface area contributed by atoms with Crippen molar-refractivity contribution in [2.24, 2.45) is 5.41 Å². The Hall–Kier alpha value is -1.82. The first kappa shape index (κ1) is 16.5. The molecule has 0 bridgehead atoms. The van der Waals surface area contributed by atoms with Crippen molar-refractivity contribution in [3.05, 3.63) is 17.7 Å². The van der Waals surface area contributed by atoms with Gasteiger partial charge in [0.25, 0.3) is 0 Å². The number of anilines is 1. The van der Waals surface area contributed by atoms with Gasteiger partial charge in [0.05, 0.1) is 20.8 Å². The first-order valence-electron chi connectivity index (χ1n) is 7.58. The van der Waals surface area contributed by atoms with E-state index in [0.717, 1.165) is 38.2 Å². The maximum atomic E-state index is 11.7. The van der Waals surface area contributed by atoms with E-state index in [1.807, 2.05) is 0 Å². The highest BCUT2D eigenvalue weighted by Gasteiger charge is 2.34. The lowest BCUT2D eigenvalue weighted by molar-refractivity contribution is 0.0596. The topological polar surface area (TPSA) is 71.9 Å². The number of esters is 1. The summed E-state index contributed by atoms with van der Waals surface area (Å²) in [5.74, 6) is 0.560. The standard InChI is InChI=1S/C16H24N2O4/c1-4-16(11-19)8-5-9-18(10-16)13-7-6-12(15(20)22-3)14(17-13)21-2/h6-7,19H,4-5,8-11H2,1-3H3. The van der Waals surface area contributed by atoms with Crippen molar-refractivity contribution in [2.75, 3.05) is 38.8 Å². The van der Waals surface area contributed by atoms with E-state index in [1.54, 1.807) is 12.1 Å². The lowest BCUT2D eigenvalue weighted by Crippen LogP contribution is -2.45. The molecule has 2 heterocycles. The molecule has 22 heavy (non-hydrogen) atoms. The highest BCUT2D eigenvalue weighted by atomic mass is 16.5. The zero-order valence-electron chi connectivity index (χ0n) is 13.5. The number of carbonyl (C=O) groups excluding carboxylic acids is 1. The molecule has 0 aromatic carbocycles. The number of aromatic nitrogens is 1. The Morgan fingerprint density at radius 3 is 2.82 bits per heavy atom. The molecule has 1 unspecified atom stereocenters. The van der Waals surface area contributed by atoms with Gasteiger partial charge in [0.1, 0.15) is 11.4 Å². The Kier molecular flexibility index (Phi) is 5.24. The number of hydrogen-bond donors (Lipinski definition) is 1. The van der Waals surface area contributed by atoms with E-state index < -0.39 is 5.97 Å². The van der Waals surface area contributed by atoms with Gasteiger partial charge in [-0.2, -0.15) is 4.98 Å². The van der Waals surface area contributed by atoms with Gasteiger partial charge in [0.2, 0.25) is 5.88 Å². The molecule has 0 aliphatic carbocycles. The van der Waals surface area contributed by atoms with Crippen LogP contribution in [0, 0.1) is 5.41 Å². The molecule has 1 aliphatic heterocycles. The monoisotopic (exact) mass is 308 g/mol. The van der Waals surface area contributed by atoms with Crippen LogP contribution < -0.4 is 9.64 Å². The second-order valence-electron chi connectivity index (χ2n) is 5.75. The SMILES string of the molecule is CCC1(CO)CCCN(c2ccc(C(=O)OC)c(OC)n2)C1. The summed E-state index contributed by atoms with van der Waals surface area (Å²) in [5, 5.41) is 9.72. The zero-order valence-corrected chi connectivity index (χ0v) is 13.5. The Morgan fingerprint density at radius 2 is 2.23 bits per heavy atom. The maximum Gasteiger partial charge on any atom is 0.343 e. The molecule has 6 nitrogen and oxygen atoms in total. The Labute approximate surface area is 131 Å². The van der Waals surface area contributed by atoms with Crippen molar-refractivity contribution in [3.8, 4) is 5.88 Å². The molecule has 1 N–H and O–H groups in total. The highest BCUT2D eigenvalue weighted by molar-refractivity contribution is 5.92. The van der Waals surface area contributed by atoms with E-state index in [4.69, 9.17) is 9.47 Å². The van der Waals surface area contributed by atoms with Gasteiger partial charge in [0.15, 0.2) is 0 Å². The molecular weight excluding hydrogens is 284 g/mol. The maximum absolute atomic E-state index is 11.7. The number of piperidine rings is 1. The Morgan fingerprint density at radius 1 is 1.45 bits per heavy atom. The molecule has 2 rings (SSSR count). The van der Waals surface area contributed by atoms with Crippen LogP contribution in [-0.4, -0.2) is 50.0 Å². The molecule has 6 heteroatoms. The van der Waals surface area contributed by atoms with Crippen molar-refractivity contribution in [1.29, 1.82) is 0 Å². The molecule has 1 atom stereocenters. The summed E-state index contributed by atoms with van der Waals surface area (Å²) in [7, 11) is 2.82. The molecule has 0 amide bonds. The number of ether oxygens (including phenoxy) is 2. The molecular formula is C16H24N2O4. The summed E-state index contributed by atoms with van der Waals surface area (Å²) >= 11 is 0. The molecule has 1 aromatic rings. The van der Waals surface area contributed by atoms with Crippen molar-refractivity contribution in [1.82, 2.24) is 4.98 Å². The van der Waals surface area contributed by atoms with E-state index in [-0.39, 0.29) is 17.9 Å². The summed E-state index contributed by atoms with van der Waals surface area (Å²) < 4.78 is 9.94. The van der Waals surface area contributed by atoms with Gasteiger partial charge >= 0.3 is 5.97 Å². The van der Waals surface area contributed by atoms with Crippen LogP contribution in [0.1, 0.15) is 36.5 Å². The number of aliphatic hydroxyl groups excluding tert-OH is 1. The van der Waals surface area contributed by atoms with Crippen LogP contribution in [-0.2, 0) is 4.74 Å². The Balaban J connectivity index is 2.27. The van der Waals surface area contributed by atoms with E-state index >= 15 is 0 Å². The van der Waals surface area contributed by atoms with Crippen LogP contribution in [0.25, 0.3) is 0 Å². The normalized spacial score (nSPS) is 21.5. The van der Waals surface area contributed by atoms with Gasteiger partial charge in [-0.3, -0.25) is 0 Å². The van der Waals surface area contributed by atoms with Gasteiger partial charge in [-0.15, -0.1) is 0 Å². The number of aliphatic hydroxyl groups is 1. The quantitative estimate of drug-likeness (QED) is 0.837. The molecule has 0 spiro atoms. The number of pyridine rings is 1. The number of rotatable bonds is 5. The van der Waals surface area contributed by atoms with Crippen LogP contribution in [0.5, 0.6) is 5.88 Å². The predicted octanol–water partition coefficient (Wildman–Crippen LogP) is 1.87. The van der Waals surface area contributed by atoms with E-state index in [1.165, 1.54) is 14.2 Å². The smallest absolute Gasteiger partial charge is 0.343 e. The third-order valence-electron chi connectivity index (χ3n) is 4.52. The fourth-order valence-corrected chi connectivity index (χ4v) is 2.96. The second-order valence-corrected chi connectivity index (χ2v) is 5.75. The molecule has 122 valence electrons. The molecule has 1 aromatic heterocycles. The first-order valence-corrected chi connectivity index (χ1v) is 7.58. The minimum Gasteiger partial charge on any atom is -0.480 e. The van der Waals surface area contributed by atoms with Gasteiger partial charge in [-0.05, 0) is 31.4 Å². The molecule has 0 radical (unpaired) electrons. The van der Waals surface area contributed by atoms with Gasteiger partial charge in [-0.1, -0.05) is 6.92 Å². The zero-order chi connectivity index (χ0) is 16.2. The fourth-order valence-electron chi connectivity index (χ4n) is 2.96. The number of carbonyl (C=O) groups is 1. The first-order chi connectivity index (χ1) is 10.6. The average Bonchev–Trinajstić information content (AvgIpc) is 2.60. The minimum absolute atomic E-state index is 0.0752. The van der Waals surface area contributed by atoms with E-state index in [2.05, 4.69) is 16.8 Å². The van der Waals surface area contributed by atoms with E-state index in [0.29, 0.717) is 5.56 Å². The molecule has 1 aliphatic rings. The minimum atomic E-state index is -0.465. The number of hydrogen-bond acceptors (Lipinski definition) is 6. The number of methoxy groups -OCH3 is 2. The summed E-state index contributed by atoms with van der Waals surface area (Å²) in [6.45, 7) is 3.93. The van der Waals surface area contributed by atoms with Crippen LogP contribution in [0.15, 0.2) is 12.1 Å². The van der Waals surface area contributed by atoms with Crippen molar-refractivity contribution in [2.45, 2.75) is 26.2 Å². The lowest BCUT2D eigenvalue weighted by atomic mass is 9.78. The number of nitrogens with zero attached hydrogens (tertiary/aromatic N) is 2. The summed E-state index contributed by atoms with van der Waals surface area (Å²) in [6.07, 6.45) is 2.96. The van der Waals surface area contributed by atoms with Crippen molar-refractivity contribution in [3.63, 3.8) is 0 Å². The second kappa shape index (κ2) is 6.96. The van der Waals surface area contributed by atoms with Crippen LogP contribution >= 0.6 is 0 Å².